The first-order valence-electron chi connectivity index (χ1n) is 8.72. The largest absolute Gasteiger partial charge is 0.352 e. The second-order valence-corrected chi connectivity index (χ2v) is 6.95. The van der Waals surface area contributed by atoms with Crippen LogP contribution in [0, 0.1) is 23.5 Å². The highest BCUT2D eigenvalue weighted by Gasteiger charge is 2.42. The number of nitrogens with one attached hydrogen (secondary N) is 1. The predicted molar refractivity (Wildman–Crippen MR) is 88.7 cm³/mol. The van der Waals surface area contributed by atoms with E-state index in [0.717, 1.165) is 38.1 Å². The molecule has 3 rings (SSSR count). The first-order chi connectivity index (χ1) is 12.0. The molecule has 0 radical (unpaired) electrons. The zero-order valence-corrected chi connectivity index (χ0v) is 14.0. The van der Waals surface area contributed by atoms with Gasteiger partial charge in [0.25, 0.3) is 5.91 Å². The van der Waals surface area contributed by atoms with Gasteiger partial charge in [-0.1, -0.05) is 0 Å². The van der Waals surface area contributed by atoms with E-state index < -0.39 is 17.5 Å². The molecule has 2 fully saturated rings. The lowest BCUT2D eigenvalue weighted by molar-refractivity contribution is -0.130. The Morgan fingerprint density at radius 3 is 2.76 bits per heavy atom. The number of likely N-dealkylation sites (tertiary alicyclic amines) is 1. The fourth-order valence-electron chi connectivity index (χ4n) is 3.88. The number of hydrogen-bond acceptors (Lipinski definition) is 3. The first kappa shape index (κ1) is 17.8. The minimum absolute atomic E-state index is 0.0730. The molecule has 5 nitrogen and oxygen atoms in total. The molecule has 1 aliphatic carbocycles. The number of halogens is 2. The third kappa shape index (κ3) is 3.98. The second kappa shape index (κ2) is 7.47. The molecule has 2 amide bonds. The lowest BCUT2D eigenvalue weighted by Gasteiger charge is -2.18. The van der Waals surface area contributed by atoms with Gasteiger partial charge >= 0.3 is 0 Å². The Kier molecular flexibility index (Phi) is 5.32. The van der Waals surface area contributed by atoms with Crippen LogP contribution in [0.4, 0.5) is 8.78 Å². The third-order valence-electron chi connectivity index (χ3n) is 5.29. The molecule has 1 saturated heterocycles. The van der Waals surface area contributed by atoms with E-state index in [2.05, 4.69) is 5.32 Å². The van der Waals surface area contributed by atoms with Gasteiger partial charge in [0.1, 0.15) is 11.6 Å². The SMILES string of the molecule is NC1CCC2CN(C(=O)CCCNC(=O)c3ccc(F)cc3F)CC12. The predicted octanol–water partition coefficient (Wildman–Crippen LogP) is 1.67. The number of fused-ring (bicyclic) bond motifs is 1. The summed E-state index contributed by atoms with van der Waals surface area (Å²) in [6.45, 7) is 1.78. The molecule has 3 unspecified atom stereocenters. The van der Waals surface area contributed by atoms with Crippen LogP contribution >= 0.6 is 0 Å². The van der Waals surface area contributed by atoms with Crippen LogP contribution in [0.25, 0.3) is 0 Å². The summed E-state index contributed by atoms with van der Waals surface area (Å²) < 4.78 is 26.4. The van der Waals surface area contributed by atoms with Crippen molar-refractivity contribution in [3.63, 3.8) is 0 Å². The number of hydrogen-bond donors (Lipinski definition) is 2. The number of carbonyl (C=O) groups is 2. The highest BCUT2D eigenvalue weighted by molar-refractivity contribution is 5.94. The molecule has 2 aliphatic rings. The maximum Gasteiger partial charge on any atom is 0.254 e. The topological polar surface area (TPSA) is 75.4 Å². The van der Waals surface area contributed by atoms with Gasteiger partial charge in [-0.3, -0.25) is 9.59 Å². The van der Waals surface area contributed by atoms with Crippen LogP contribution in [0.3, 0.4) is 0 Å². The fourth-order valence-corrected chi connectivity index (χ4v) is 3.88. The minimum Gasteiger partial charge on any atom is -0.352 e. The smallest absolute Gasteiger partial charge is 0.254 e. The normalized spacial score (nSPS) is 25.1. The van der Waals surface area contributed by atoms with Crippen LogP contribution in [-0.4, -0.2) is 42.4 Å². The number of carbonyl (C=O) groups excluding carboxylic acids is 2. The van der Waals surface area contributed by atoms with E-state index in [1.54, 1.807) is 0 Å². The Morgan fingerprint density at radius 1 is 1.24 bits per heavy atom. The van der Waals surface area contributed by atoms with Crippen molar-refractivity contribution < 1.29 is 18.4 Å². The number of nitrogens with two attached hydrogens (primary N) is 1. The molecule has 136 valence electrons. The van der Waals surface area contributed by atoms with Crippen molar-refractivity contribution in [1.29, 1.82) is 0 Å². The van der Waals surface area contributed by atoms with Gasteiger partial charge in [0, 0.05) is 38.2 Å². The summed E-state index contributed by atoms with van der Waals surface area (Å²) in [5.41, 5.74) is 5.87. The van der Waals surface area contributed by atoms with Crippen molar-refractivity contribution >= 4 is 11.8 Å². The molecule has 3 atom stereocenters. The molecule has 0 spiro atoms. The van der Waals surface area contributed by atoms with E-state index in [9.17, 15) is 18.4 Å². The van der Waals surface area contributed by atoms with E-state index in [1.165, 1.54) is 0 Å². The summed E-state index contributed by atoms with van der Waals surface area (Å²) in [6, 6.07) is 3.02. The van der Waals surface area contributed by atoms with Crippen LogP contribution in [0.5, 0.6) is 0 Å². The van der Waals surface area contributed by atoms with Gasteiger partial charge in [-0.25, -0.2) is 8.78 Å². The van der Waals surface area contributed by atoms with Gasteiger partial charge in [0.15, 0.2) is 0 Å². The van der Waals surface area contributed by atoms with E-state index in [1.807, 2.05) is 4.90 Å². The lowest BCUT2D eigenvalue weighted by atomic mass is 9.98. The molecular weight excluding hydrogens is 328 g/mol. The molecular formula is C18H23F2N3O2. The van der Waals surface area contributed by atoms with Gasteiger partial charge in [-0.05, 0) is 43.2 Å². The van der Waals surface area contributed by atoms with Crippen molar-refractivity contribution in [1.82, 2.24) is 10.2 Å². The Bertz CT molecular complexity index is 668. The minimum atomic E-state index is -0.895. The maximum absolute atomic E-state index is 13.5. The van der Waals surface area contributed by atoms with Crippen LogP contribution in [0.1, 0.15) is 36.0 Å². The fraction of sp³-hybridized carbons (Fsp3) is 0.556. The summed E-state index contributed by atoms with van der Waals surface area (Å²) in [4.78, 5) is 26.0. The average molecular weight is 351 g/mol. The van der Waals surface area contributed by atoms with Crippen LogP contribution in [0.2, 0.25) is 0 Å². The number of rotatable bonds is 5. The van der Waals surface area contributed by atoms with Crippen molar-refractivity contribution in [2.24, 2.45) is 17.6 Å². The third-order valence-corrected chi connectivity index (χ3v) is 5.29. The highest BCUT2D eigenvalue weighted by atomic mass is 19.1. The van der Waals surface area contributed by atoms with Crippen molar-refractivity contribution in [3.05, 3.63) is 35.4 Å². The molecule has 1 heterocycles. The first-order valence-corrected chi connectivity index (χ1v) is 8.72. The molecule has 0 bridgehead atoms. The van der Waals surface area contributed by atoms with Gasteiger partial charge in [0.05, 0.1) is 5.56 Å². The molecule has 3 N–H and O–H groups in total. The number of nitrogens with zero attached hydrogens (tertiary/aromatic N) is 1. The molecule has 1 aromatic carbocycles. The zero-order chi connectivity index (χ0) is 18.0. The second-order valence-electron chi connectivity index (χ2n) is 6.95. The van der Waals surface area contributed by atoms with E-state index in [0.29, 0.717) is 30.7 Å². The van der Waals surface area contributed by atoms with Crippen molar-refractivity contribution in [2.75, 3.05) is 19.6 Å². The Balaban J connectivity index is 1.40. The van der Waals surface area contributed by atoms with Gasteiger partial charge in [-0.15, -0.1) is 0 Å². The van der Waals surface area contributed by atoms with Gasteiger partial charge in [0.2, 0.25) is 5.91 Å². The quantitative estimate of drug-likeness (QED) is 0.793. The van der Waals surface area contributed by atoms with E-state index in [4.69, 9.17) is 5.73 Å². The van der Waals surface area contributed by atoms with Crippen molar-refractivity contribution in [2.45, 2.75) is 31.7 Å². The standard InChI is InChI=1S/C18H23F2N3O2/c19-12-4-5-13(15(20)8-12)18(25)22-7-1-2-17(24)23-9-11-3-6-16(21)14(11)10-23/h4-5,8,11,14,16H,1-3,6-7,9-10,21H2,(H,22,25). The number of amides is 2. The van der Waals surface area contributed by atoms with Crippen molar-refractivity contribution in [3.8, 4) is 0 Å². The van der Waals surface area contributed by atoms with Crippen LogP contribution in [0.15, 0.2) is 18.2 Å². The molecule has 25 heavy (non-hydrogen) atoms. The Morgan fingerprint density at radius 2 is 2.04 bits per heavy atom. The molecule has 1 saturated carbocycles. The average Bonchev–Trinajstić information content (AvgIpc) is 3.13. The maximum atomic E-state index is 13.5. The van der Waals surface area contributed by atoms with E-state index in [-0.39, 0.29) is 24.1 Å². The summed E-state index contributed by atoms with van der Waals surface area (Å²) in [5, 5.41) is 2.56. The zero-order valence-electron chi connectivity index (χ0n) is 14.0. The summed E-state index contributed by atoms with van der Waals surface area (Å²) in [5.74, 6) is -1.20. The van der Waals surface area contributed by atoms with Crippen LogP contribution in [-0.2, 0) is 4.79 Å². The number of benzene rings is 1. The van der Waals surface area contributed by atoms with E-state index >= 15 is 0 Å². The molecule has 1 aromatic rings. The summed E-state index contributed by atoms with van der Waals surface area (Å²) in [7, 11) is 0. The summed E-state index contributed by atoms with van der Waals surface area (Å²) >= 11 is 0. The lowest BCUT2D eigenvalue weighted by Crippen LogP contribution is -2.34. The van der Waals surface area contributed by atoms with Crippen LogP contribution < -0.4 is 11.1 Å². The summed E-state index contributed by atoms with van der Waals surface area (Å²) in [6.07, 6.45) is 2.95. The monoisotopic (exact) mass is 351 g/mol. The highest BCUT2D eigenvalue weighted by Crippen LogP contribution is 2.37. The van der Waals surface area contributed by atoms with Gasteiger partial charge < -0.3 is 16.0 Å². The Labute approximate surface area is 145 Å². The van der Waals surface area contributed by atoms with Gasteiger partial charge in [-0.2, -0.15) is 0 Å². The molecule has 7 heteroatoms. The Hall–Kier alpha value is -2.02. The molecule has 0 aromatic heterocycles. The molecule has 1 aliphatic heterocycles.